The van der Waals surface area contributed by atoms with Crippen molar-refractivity contribution in [1.82, 2.24) is 4.98 Å². The highest BCUT2D eigenvalue weighted by molar-refractivity contribution is 5.74. The second kappa shape index (κ2) is 3.57. The molecule has 0 radical (unpaired) electrons. The quantitative estimate of drug-likeness (QED) is 0.820. The second-order valence-electron chi connectivity index (χ2n) is 6.17. The Balaban J connectivity index is 2.56. The van der Waals surface area contributed by atoms with Crippen molar-refractivity contribution < 1.29 is 4.42 Å². The molecule has 3 heteroatoms. The summed E-state index contributed by atoms with van der Waals surface area (Å²) in [5, 5.41) is 0. The highest BCUT2D eigenvalue weighted by Crippen LogP contribution is 2.28. The molecule has 17 heavy (non-hydrogen) atoms. The molecule has 0 amide bonds. The summed E-state index contributed by atoms with van der Waals surface area (Å²) in [6.07, 6.45) is 0. The number of fused-ring (bicyclic) bond motifs is 1. The van der Waals surface area contributed by atoms with Crippen LogP contribution in [0.2, 0.25) is 0 Å². The third-order valence-electron chi connectivity index (χ3n) is 2.77. The molecule has 0 unspecified atom stereocenters. The molecule has 0 atom stereocenters. The number of oxazole rings is 1. The van der Waals surface area contributed by atoms with Crippen LogP contribution in [0.25, 0.3) is 11.1 Å². The Morgan fingerprint density at radius 3 is 2.29 bits per heavy atom. The van der Waals surface area contributed by atoms with E-state index >= 15 is 0 Å². The highest BCUT2D eigenvalue weighted by atomic mass is 16.3. The van der Waals surface area contributed by atoms with Crippen LogP contribution in [-0.2, 0) is 11.0 Å². The summed E-state index contributed by atoms with van der Waals surface area (Å²) < 4.78 is 5.75. The molecule has 2 rings (SSSR count). The zero-order chi connectivity index (χ0) is 12.8. The van der Waals surface area contributed by atoms with Crippen LogP contribution in [0.4, 0.5) is 0 Å². The number of rotatable bonds is 1. The number of hydrogen-bond donors (Lipinski definition) is 1. The summed E-state index contributed by atoms with van der Waals surface area (Å²) >= 11 is 0. The van der Waals surface area contributed by atoms with Gasteiger partial charge in [0.2, 0.25) is 5.89 Å². The van der Waals surface area contributed by atoms with Crippen LogP contribution >= 0.6 is 0 Å². The predicted molar refractivity (Wildman–Crippen MR) is 69.9 cm³/mol. The van der Waals surface area contributed by atoms with E-state index in [2.05, 4.69) is 25.8 Å². The summed E-state index contributed by atoms with van der Waals surface area (Å²) in [6, 6.07) is 5.95. The average Bonchev–Trinajstić information content (AvgIpc) is 2.57. The van der Waals surface area contributed by atoms with Gasteiger partial charge >= 0.3 is 0 Å². The average molecular weight is 232 g/mol. The molecule has 92 valence electrons. The van der Waals surface area contributed by atoms with E-state index in [1.807, 2.05) is 32.0 Å². The van der Waals surface area contributed by atoms with Gasteiger partial charge in [0.1, 0.15) is 5.52 Å². The molecule has 1 aromatic carbocycles. The van der Waals surface area contributed by atoms with E-state index in [9.17, 15) is 0 Å². The van der Waals surface area contributed by atoms with Crippen molar-refractivity contribution in [1.29, 1.82) is 0 Å². The van der Waals surface area contributed by atoms with Crippen molar-refractivity contribution >= 4 is 11.1 Å². The van der Waals surface area contributed by atoms with Gasteiger partial charge in [-0.2, -0.15) is 0 Å². The van der Waals surface area contributed by atoms with Gasteiger partial charge in [0.25, 0.3) is 0 Å². The van der Waals surface area contributed by atoms with Gasteiger partial charge in [-0.05, 0) is 31.5 Å². The molecule has 0 bridgehead atoms. The molecule has 3 nitrogen and oxygen atoms in total. The van der Waals surface area contributed by atoms with Gasteiger partial charge in [0.15, 0.2) is 5.58 Å². The zero-order valence-corrected chi connectivity index (χ0v) is 11.2. The first-order chi connectivity index (χ1) is 7.68. The van der Waals surface area contributed by atoms with Crippen molar-refractivity contribution in [2.45, 2.75) is 45.6 Å². The van der Waals surface area contributed by atoms with Gasteiger partial charge in [-0.1, -0.05) is 26.8 Å². The monoisotopic (exact) mass is 232 g/mol. The van der Waals surface area contributed by atoms with Gasteiger partial charge in [-0.15, -0.1) is 0 Å². The minimum absolute atomic E-state index is 0.0720. The Morgan fingerprint density at radius 1 is 1.12 bits per heavy atom. The largest absolute Gasteiger partial charge is 0.440 e. The SMILES string of the molecule is CC(C)(C)c1nc2cc(C(C)(C)N)ccc2o1. The van der Waals surface area contributed by atoms with Crippen LogP contribution in [0, 0.1) is 0 Å². The smallest absolute Gasteiger partial charge is 0.200 e. The molecule has 0 saturated heterocycles. The van der Waals surface area contributed by atoms with E-state index in [0.717, 1.165) is 22.6 Å². The summed E-state index contributed by atoms with van der Waals surface area (Å²) in [5.74, 6) is 0.763. The molecule has 2 aromatic rings. The summed E-state index contributed by atoms with van der Waals surface area (Å²) in [7, 11) is 0. The maximum atomic E-state index is 6.08. The first-order valence-corrected chi connectivity index (χ1v) is 5.88. The first-order valence-electron chi connectivity index (χ1n) is 5.88. The number of nitrogens with two attached hydrogens (primary N) is 1. The van der Waals surface area contributed by atoms with Gasteiger partial charge in [-0.25, -0.2) is 4.98 Å². The van der Waals surface area contributed by atoms with Gasteiger partial charge in [0, 0.05) is 11.0 Å². The molecule has 2 N–H and O–H groups in total. The summed E-state index contributed by atoms with van der Waals surface area (Å²) in [5.41, 5.74) is 8.43. The third-order valence-corrected chi connectivity index (χ3v) is 2.77. The Labute approximate surface area is 102 Å². The van der Waals surface area contributed by atoms with Gasteiger partial charge in [-0.3, -0.25) is 0 Å². The Bertz CT molecular complexity index is 529. The van der Waals surface area contributed by atoms with Gasteiger partial charge in [0.05, 0.1) is 0 Å². The first kappa shape index (κ1) is 12.1. The molecule has 0 spiro atoms. The van der Waals surface area contributed by atoms with E-state index < -0.39 is 0 Å². The topological polar surface area (TPSA) is 52.0 Å². The Kier molecular flexibility index (Phi) is 2.54. The molecular formula is C14H20N2O. The fourth-order valence-corrected chi connectivity index (χ4v) is 1.65. The van der Waals surface area contributed by atoms with E-state index in [1.165, 1.54) is 0 Å². The lowest BCUT2D eigenvalue weighted by atomic mass is 9.95. The fourth-order valence-electron chi connectivity index (χ4n) is 1.65. The van der Waals surface area contributed by atoms with Crippen molar-refractivity contribution in [3.63, 3.8) is 0 Å². The molecule has 0 aliphatic carbocycles. The Morgan fingerprint density at radius 2 is 1.76 bits per heavy atom. The molecule has 1 heterocycles. The lowest BCUT2D eigenvalue weighted by molar-refractivity contribution is 0.411. The summed E-state index contributed by atoms with van der Waals surface area (Å²) in [4.78, 5) is 4.54. The van der Waals surface area contributed by atoms with Crippen LogP contribution < -0.4 is 5.73 Å². The predicted octanol–water partition coefficient (Wildman–Crippen LogP) is 3.32. The third kappa shape index (κ3) is 2.34. The van der Waals surface area contributed by atoms with Gasteiger partial charge < -0.3 is 10.2 Å². The van der Waals surface area contributed by atoms with Crippen molar-refractivity contribution in [3.05, 3.63) is 29.7 Å². The maximum Gasteiger partial charge on any atom is 0.200 e. The second-order valence-corrected chi connectivity index (χ2v) is 6.17. The Hall–Kier alpha value is -1.35. The van der Waals surface area contributed by atoms with Crippen LogP contribution in [0.3, 0.4) is 0 Å². The molecular weight excluding hydrogens is 212 g/mol. The highest BCUT2D eigenvalue weighted by Gasteiger charge is 2.22. The lowest BCUT2D eigenvalue weighted by Crippen LogP contribution is -2.28. The number of benzene rings is 1. The van der Waals surface area contributed by atoms with Crippen molar-refractivity contribution in [3.8, 4) is 0 Å². The van der Waals surface area contributed by atoms with Crippen LogP contribution in [0.15, 0.2) is 22.6 Å². The van der Waals surface area contributed by atoms with Crippen molar-refractivity contribution in [2.24, 2.45) is 5.73 Å². The zero-order valence-electron chi connectivity index (χ0n) is 11.2. The van der Waals surface area contributed by atoms with Crippen molar-refractivity contribution in [2.75, 3.05) is 0 Å². The minimum atomic E-state index is -0.352. The molecule has 1 aromatic heterocycles. The summed E-state index contributed by atoms with van der Waals surface area (Å²) in [6.45, 7) is 10.2. The standard InChI is InChI=1S/C14H20N2O/c1-13(2,3)12-16-10-8-9(14(4,5)15)6-7-11(10)17-12/h6-8H,15H2,1-5H3. The molecule has 0 aliphatic heterocycles. The molecule has 0 saturated carbocycles. The van der Waals surface area contributed by atoms with E-state index in [-0.39, 0.29) is 11.0 Å². The van der Waals surface area contributed by atoms with Crippen LogP contribution in [0.5, 0.6) is 0 Å². The number of nitrogens with zero attached hydrogens (tertiary/aromatic N) is 1. The maximum absolute atomic E-state index is 6.08. The lowest BCUT2D eigenvalue weighted by Gasteiger charge is -2.18. The molecule has 0 fully saturated rings. The molecule has 0 aliphatic rings. The van der Waals surface area contributed by atoms with E-state index in [4.69, 9.17) is 10.2 Å². The number of aromatic nitrogens is 1. The van der Waals surface area contributed by atoms with Crippen LogP contribution in [-0.4, -0.2) is 4.98 Å². The normalized spacial score (nSPS) is 13.3. The van der Waals surface area contributed by atoms with E-state index in [1.54, 1.807) is 0 Å². The van der Waals surface area contributed by atoms with Crippen LogP contribution in [0.1, 0.15) is 46.1 Å². The minimum Gasteiger partial charge on any atom is -0.440 e. The fraction of sp³-hybridized carbons (Fsp3) is 0.500. The van der Waals surface area contributed by atoms with E-state index in [0.29, 0.717) is 0 Å². The number of hydrogen-bond acceptors (Lipinski definition) is 3.